The van der Waals surface area contributed by atoms with E-state index in [2.05, 4.69) is 0 Å². The minimum absolute atomic E-state index is 0.282. The molecule has 0 spiro atoms. The van der Waals surface area contributed by atoms with E-state index >= 15 is 0 Å². The molecule has 1 fully saturated rings. The van der Waals surface area contributed by atoms with Crippen LogP contribution in [0.3, 0.4) is 0 Å². The molecule has 0 saturated carbocycles. The summed E-state index contributed by atoms with van der Waals surface area (Å²) in [6.07, 6.45) is 0. The summed E-state index contributed by atoms with van der Waals surface area (Å²) in [6, 6.07) is 0. The molecular weight excluding hydrogens is 196 g/mol. The molecule has 0 N–H and O–H groups in total. The highest BCUT2D eigenvalue weighted by Gasteiger charge is 2.14. The lowest BCUT2D eigenvalue weighted by Gasteiger charge is -1.92. The highest BCUT2D eigenvalue weighted by atomic mass is 33.1. The minimum Gasteiger partial charge on any atom is -0.227 e. The molecule has 1 heterocycles. The number of hydrogen-bond donors (Lipinski definition) is 0. The van der Waals surface area contributed by atoms with Crippen LogP contribution < -0.4 is 0 Å². The Morgan fingerprint density at radius 1 is 1.11 bits per heavy atom. The van der Waals surface area contributed by atoms with Gasteiger partial charge in [-0.25, -0.2) is 8.42 Å². The van der Waals surface area contributed by atoms with Crippen LogP contribution in [0.15, 0.2) is 0 Å². The molecule has 0 amide bonds. The molecule has 6 heteroatoms. The Hall–Kier alpha value is 1.000. The summed E-state index contributed by atoms with van der Waals surface area (Å²) in [7, 11) is 0.335. The first-order valence-electron chi connectivity index (χ1n) is 2.23. The third kappa shape index (κ3) is 3.06. The summed E-state index contributed by atoms with van der Waals surface area (Å²) in [5, 5.41) is 1.47. The van der Waals surface area contributed by atoms with Gasteiger partial charge in [0.2, 0.25) is 0 Å². The van der Waals surface area contributed by atoms with Gasteiger partial charge in [-0.05, 0) is 0 Å². The van der Waals surface area contributed by atoms with Crippen molar-refractivity contribution < 1.29 is 8.42 Å². The van der Waals surface area contributed by atoms with Crippen molar-refractivity contribution >= 4 is 43.2 Å². The summed E-state index contributed by atoms with van der Waals surface area (Å²) in [4.78, 5) is 0. The Balaban J connectivity index is 2.56. The van der Waals surface area contributed by atoms with Gasteiger partial charge in [0.05, 0.1) is 10.2 Å². The summed E-state index contributed by atoms with van der Waals surface area (Å²) < 4.78 is 21.6. The first-order chi connectivity index (χ1) is 4.21. The molecule has 9 heavy (non-hydrogen) atoms. The van der Waals surface area contributed by atoms with Gasteiger partial charge in [0, 0.05) is 0 Å². The van der Waals surface area contributed by atoms with Gasteiger partial charge >= 0.3 is 0 Å². The van der Waals surface area contributed by atoms with Crippen LogP contribution in [-0.4, -0.2) is 23.7 Å². The van der Waals surface area contributed by atoms with Gasteiger partial charge in [0.25, 0.3) is 0 Å². The van der Waals surface area contributed by atoms with E-state index in [9.17, 15) is 8.42 Å². The minimum atomic E-state index is -2.71. The fourth-order valence-corrected chi connectivity index (χ4v) is 7.71. The van der Waals surface area contributed by atoms with Crippen LogP contribution >= 0.6 is 33.3 Å². The molecule has 0 aromatic carbocycles. The third-order valence-electron chi connectivity index (χ3n) is 0.705. The van der Waals surface area contributed by atoms with Crippen molar-refractivity contribution in [3.05, 3.63) is 0 Å². The van der Waals surface area contributed by atoms with Crippen molar-refractivity contribution in [2.24, 2.45) is 0 Å². The normalized spacial score (nSPS) is 27.1. The van der Waals surface area contributed by atoms with Crippen LogP contribution in [0.4, 0.5) is 0 Å². The molecule has 1 aliphatic heterocycles. The van der Waals surface area contributed by atoms with Gasteiger partial charge < -0.3 is 0 Å². The Bertz CT molecular complexity index is 158. The zero-order valence-electron chi connectivity index (χ0n) is 4.57. The summed E-state index contributed by atoms with van der Waals surface area (Å²) in [6.45, 7) is 0. The first-order valence-corrected chi connectivity index (χ1v) is 7.70. The van der Waals surface area contributed by atoms with Crippen molar-refractivity contribution in [2.45, 2.75) is 0 Å². The Labute approximate surface area is 66.9 Å². The van der Waals surface area contributed by atoms with E-state index in [0.717, 1.165) is 5.08 Å². The number of thioether (sulfide) groups is 1. The Morgan fingerprint density at radius 2 is 1.89 bits per heavy atom. The fourth-order valence-electron chi connectivity index (χ4n) is 0.370. The van der Waals surface area contributed by atoms with Gasteiger partial charge in [-0.15, -0.1) is 11.8 Å². The smallest absolute Gasteiger partial charge is 0.169 e. The Morgan fingerprint density at radius 3 is 2.67 bits per heavy atom. The highest BCUT2D eigenvalue weighted by Crippen LogP contribution is 2.32. The molecule has 54 valence electrons. The third-order valence-corrected chi connectivity index (χ3v) is 8.08. The van der Waals surface area contributed by atoms with Crippen molar-refractivity contribution in [3.63, 3.8) is 0 Å². The summed E-state index contributed by atoms with van der Waals surface area (Å²) in [5.41, 5.74) is 0. The van der Waals surface area contributed by atoms with Crippen LogP contribution in [0.5, 0.6) is 0 Å². The van der Waals surface area contributed by atoms with E-state index < -0.39 is 9.84 Å². The zero-order valence-corrected chi connectivity index (χ0v) is 7.84. The van der Waals surface area contributed by atoms with Crippen LogP contribution in [0.1, 0.15) is 0 Å². The maximum absolute atomic E-state index is 10.8. The second-order valence-corrected chi connectivity index (χ2v) is 8.15. The molecule has 1 aliphatic rings. The van der Waals surface area contributed by atoms with E-state index in [1.54, 1.807) is 10.8 Å². The average molecular weight is 202 g/mol. The second kappa shape index (κ2) is 3.41. The average Bonchev–Trinajstić information content (AvgIpc) is 1.92. The van der Waals surface area contributed by atoms with Crippen LogP contribution in [0, 0.1) is 0 Å². The number of rotatable bonds is 0. The maximum Gasteiger partial charge on any atom is 0.169 e. The van der Waals surface area contributed by atoms with Crippen molar-refractivity contribution in [2.75, 3.05) is 15.3 Å². The molecule has 1 saturated heterocycles. The van der Waals surface area contributed by atoms with Gasteiger partial charge in [0.15, 0.2) is 9.84 Å². The van der Waals surface area contributed by atoms with Crippen molar-refractivity contribution in [1.82, 2.24) is 0 Å². The van der Waals surface area contributed by atoms with E-state index in [4.69, 9.17) is 0 Å². The SMILES string of the molecule is O=S1(=O)CSCSSC1. The van der Waals surface area contributed by atoms with E-state index in [1.807, 2.05) is 0 Å². The molecule has 0 radical (unpaired) electrons. The molecule has 1 rings (SSSR count). The second-order valence-electron chi connectivity index (χ2n) is 1.54. The van der Waals surface area contributed by atoms with E-state index in [1.165, 1.54) is 22.6 Å². The van der Waals surface area contributed by atoms with Gasteiger partial charge in [-0.1, -0.05) is 21.6 Å². The van der Waals surface area contributed by atoms with Gasteiger partial charge in [-0.2, -0.15) is 0 Å². The lowest BCUT2D eigenvalue weighted by atomic mass is 11.8. The van der Waals surface area contributed by atoms with E-state index in [0.29, 0.717) is 5.08 Å². The number of sulfone groups is 1. The van der Waals surface area contributed by atoms with Gasteiger partial charge in [0.1, 0.15) is 5.08 Å². The van der Waals surface area contributed by atoms with Crippen molar-refractivity contribution in [1.29, 1.82) is 0 Å². The molecule has 2 nitrogen and oxygen atoms in total. The van der Waals surface area contributed by atoms with Crippen LogP contribution in [-0.2, 0) is 9.84 Å². The molecular formula is C3H6O2S4. The topological polar surface area (TPSA) is 34.1 Å². The molecule has 0 unspecified atom stereocenters. The predicted molar refractivity (Wildman–Crippen MR) is 46.3 cm³/mol. The fraction of sp³-hybridized carbons (Fsp3) is 1.00. The predicted octanol–water partition coefficient (Wildman–Crippen LogP) is 1.40. The summed E-state index contributed by atoms with van der Waals surface area (Å²) >= 11 is 1.48. The van der Waals surface area contributed by atoms with E-state index in [-0.39, 0.29) is 5.08 Å². The monoisotopic (exact) mass is 202 g/mol. The molecule has 0 bridgehead atoms. The molecule has 0 aromatic rings. The largest absolute Gasteiger partial charge is 0.227 e. The zero-order chi connectivity index (χ0) is 6.74. The maximum atomic E-state index is 10.8. The molecule has 0 atom stereocenters. The number of hydrogen-bond acceptors (Lipinski definition) is 5. The Kier molecular flexibility index (Phi) is 3.07. The summed E-state index contributed by atoms with van der Waals surface area (Å²) in [5.74, 6) is 0. The first kappa shape index (κ1) is 8.10. The highest BCUT2D eigenvalue weighted by molar-refractivity contribution is 8.79. The van der Waals surface area contributed by atoms with Crippen LogP contribution in [0.2, 0.25) is 0 Å². The molecule has 0 aliphatic carbocycles. The quantitative estimate of drug-likeness (QED) is 0.555. The molecule has 0 aromatic heterocycles. The van der Waals surface area contributed by atoms with Crippen LogP contribution in [0.25, 0.3) is 0 Å². The van der Waals surface area contributed by atoms with Crippen molar-refractivity contribution in [3.8, 4) is 0 Å². The lowest BCUT2D eigenvalue weighted by Crippen LogP contribution is -2.02. The lowest BCUT2D eigenvalue weighted by molar-refractivity contribution is 0.605. The standard InChI is InChI=1S/C3H6O2S4/c4-9(5)2-6-1-7-8-3-9/h1-3H2. The van der Waals surface area contributed by atoms with Gasteiger partial charge in [-0.3, -0.25) is 0 Å².